The van der Waals surface area contributed by atoms with Gasteiger partial charge in [0, 0.05) is 13.1 Å². The third-order valence-corrected chi connectivity index (χ3v) is 1.87. The predicted molar refractivity (Wildman–Crippen MR) is 58.1 cm³/mol. The molecule has 1 rings (SSSR count). The molecule has 1 aromatic rings. The molecule has 16 heavy (non-hydrogen) atoms. The van der Waals surface area contributed by atoms with Crippen LogP contribution in [0.4, 0.5) is 4.39 Å². The second-order valence-electron chi connectivity index (χ2n) is 3.25. The van der Waals surface area contributed by atoms with Gasteiger partial charge in [0.2, 0.25) is 5.91 Å². The van der Waals surface area contributed by atoms with Gasteiger partial charge in [0.25, 0.3) is 0 Å². The summed E-state index contributed by atoms with van der Waals surface area (Å²) >= 11 is 0. The number of ether oxygens (including phenoxy) is 1. The fourth-order valence-electron chi connectivity index (χ4n) is 1.15. The number of hydrogen-bond acceptors (Lipinski definition) is 3. The molecule has 1 amide bonds. The summed E-state index contributed by atoms with van der Waals surface area (Å²) in [4.78, 5) is 11.2. The van der Waals surface area contributed by atoms with E-state index >= 15 is 0 Å². The van der Waals surface area contributed by atoms with E-state index in [0.29, 0.717) is 25.3 Å². The summed E-state index contributed by atoms with van der Waals surface area (Å²) in [6.45, 7) is 1.01. The highest BCUT2D eigenvalue weighted by molar-refractivity contribution is 5.77. The summed E-state index contributed by atoms with van der Waals surface area (Å²) in [5.41, 5.74) is 5.91. The molecule has 3 N–H and O–H groups in total. The first kappa shape index (κ1) is 12.6. The van der Waals surface area contributed by atoms with E-state index in [2.05, 4.69) is 5.32 Å². The Morgan fingerprint density at radius 1 is 1.50 bits per heavy atom. The SMILES string of the molecule is NCCOCC(=O)NCc1cccc(F)c1. The van der Waals surface area contributed by atoms with Crippen molar-refractivity contribution in [3.63, 3.8) is 0 Å². The Bertz CT molecular complexity index is 345. The number of hydrogen-bond donors (Lipinski definition) is 2. The number of benzene rings is 1. The Morgan fingerprint density at radius 3 is 3.00 bits per heavy atom. The van der Waals surface area contributed by atoms with E-state index in [1.807, 2.05) is 0 Å². The molecule has 88 valence electrons. The molecule has 4 nitrogen and oxygen atoms in total. The molecule has 0 bridgehead atoms. The summed E-state index contributed by atoms with van der Waals surface area (Å²) in [7, 11) is 0. The number of nitrogens with two attached hydrogens (primary N) is 1. The maximum absolute atomic E-state index is 12.8. The fraction of sp³-hybridized carbons (Fsp3) is 0.364. The zero-order chi connectivity index (χ0) is 11.8. The maximum atomic E-state index is 12.8. The number of rotatable bonds is 6. The van der Waals surface area contributed by atoms with Crippen molar-refractivity contribution in [2.24, 2.45) is 5.73 Å². The average Bonchev–Trinajstić information content (AvgIpc) is 2.27. The van der Waals surface area contributed by atoms with Gasteiger partial charge in [-0.15, -0.1) is 0 Å². The second kappa shape index (κ2) is 6.92. The van der Waals surface area contributed by atoms with Gasteiger partial charge >= 0.3 is 0 Å². The summed E-state index contributed by atoms with van der Waals surface area (Å²) in [5.74, 6) is -0.552. The summed E-state index contributed by atoms with van der Waals surface area (Å²) in [5, 5.41) is 2.61. The van der Waals surface area contributed by atoms with Crippen LogP contribution in [-0.4, -0.2) is 25.7 Å². The molecular weight excluding hydrogens is 211 g/mol. The first-order valence-corrected chi connectivity index (χ1v) is 5.01. The highest BCUT2D eigenvalue weighted by atomic mass is 19.1. The molecule has 0 fully saturated rings. The molecule has 5 heteroatoms. The Morgan fingerprint density at radius 2 is 2.31 bits per heavy atom. The third-order valence-electron chi connectivity index (χ3n) is 1.87. The van der Waals surface area contributed by atoms with E-state index < -0.39 is 0 Å². The molecule has 0 saturated carbocycles. The van der Waals surface area contributed by atoms with E-state index in [-0.39, 0.29) is 18.3 Å². The molecule has 1 aromatic carbocycles. The summed E-state index contributed by atoms with van der Waals surface area (Å²) < 4.78 is 17.7. The fourth-order valence-corrected chi connectivity index (χ4v) is 1.15. The van der Waals surface area contributed by atoms with Gasteiger partial charge < -0.3 is 15.8 Å². The lowest BCUT2D eigenvalue weighted by Gasteiger charge is -2.05. The number of amides is 1. The van der Waals surface area contributed by atoms with Crippen molar-refractivity contribution in [3.8, 4) is 0 Å². The van der Waals surface area contributed by atoms with E-state index in [1.165, 1.54) is 12.1 Å². The number of halogens is 1. The first-order valence-electron chi connectivity index (χ1n) is 5.01. The molecule has 0 atom stereocenters. The van der Waals surface area contributed by atoms with Crippen LogP contribution in [0.1, 0.15) is 5.56 Å². The normalized spacial score (nSPS) is 10.1. The summed E-state index contributed by atoms with van der Waals surface area (Å²) in [6.07, 6.45) is 0. The van der Waals surface area contributed by atoms with Gasteiger partial charge in [0.05, 0.1) is 6.61 Å². The molecule has 0 aliphatic heterocycles. The Labute approximate surface area is 93.6 Å². The van der Waals surface area contributed by atoms with Crippen LogP contribution in [0.2, 0.25) is 0 Å². The molecule has 0 aromatic heterocycles. The van der Waals surface area contributed by atoms with Gasteiger partial charge in [-0.05, 0) is 17.7 Å². The van der Waals surface area contributed by atoms with Crippen LogP contribution in [0.15, 0.2) is 24.3 Å². The topological polar surface area (TPSA) is 64.3 Å². The van der Waals surface area contributed by atoms with E-state index in [1.54, 1.807) is 12.1 Å². The standard InChI is InChI=1S/C11H15FN2O2/c12-10-3-1-2-9(6-10)7-14-11(15)8-16-5-4-13/h1-3,6H,4-5,7-8,13H2,(H,14,15). The van der Waals surface area contributed by atoms with Gasteiger partial charge in [-0.25, -0.2) is 4.39 Å². The predicted octanol–water partition coefficient (Wildman–Crippen LogP) is 0.417. The van der Waals surface area contributed by atoms with Gasteiger partial charge in [-0.1, -0.05) is 12.1 Å². The van der Waals surface area contributed by atoms with Gasteiger partial charge in [0.1, 0.15) is 12.4 Å². The Balaban J connectivity index is 2.26. The van der Waals surface area contributed by atoms with Crippen LogP contribution >= 0.6 is 0 Å². The molecule has 0 radical (unpaired) electrons. The molecular formula is C11H15FN2O2. The first-order chi connectivity index (χ1) is 7.72. The van der Waals surface area contributed by atoms with Crippen molar-refractivity contribution in [1.82, 2.24) is 5.32 Å². The monoisotopic (exact) mass is 226 g/mol. The average molecular weight is 226 g/mol. The van der Waals surface area contributed by atoms with Gasteiger partial charge in [-0.2, -0.15) is 0 Å². The quantitative estimate of drug-likeness (QED) is 0.691. The third kappa shape index (κ3) is 4.86. The zero-order valence-corrected chi connectivity index (χ0v) is 8.91. The smallest absolute Gasteiger partial charge is 0.246 e. The molecule has 0 aliphatic rings. The molecule has 0 aliphatic carbocycles. The zero-order valence-electron chi connectivity index (χ0n) is 8.91. The number of carbonyl (C=O) groups excluding carboxylic acids is 1. The highest BCUT2D eigenvalue weighted by Gasteiger charge is 2.01. The minimum Gasteiger partial charge on any atom is -0.370 e. The van der Waals surface area contributed by atoms with Crippen LogP contribution in [0.3, 0.4) is 0 Å². The summed E-state index contributed by atoms with van der Waals surface area (Å²) in [6, 6.07) is 6.07. The van der Waals surface area contributed by atoms with Gasteiger partial charge in [0.15, 0.2) is 0 Å². The van der Waals surface area contributed by atoms with Crippen molar-refractivity contribution >= 4 is 5.91 Å². The van der Waals surface area contributed by atoms with Crippen molar-refractivity contribution in [1.29, 1.82) is 0 Å². The minimum absolute atomic E-state index is 0.0213. The van der Waals surface area contributed by atoms with Crippen molar-refractivity contribution in [3.05, 3.63) is 35.6 Å². The molecule has 0 saturated heterocycles. The van der Waals surface area contributed by atoms with Crippen LogP contribution in [0, 0.1) is 5.82 Å². The van der Waals surface area contributed by atoms with Crippen LogP contribution < -0.4 is 11.1 Å². The highest BCUT2D eigenvalue weighted by Crippen LogP contribution is 2.02. The Hall–Kier alpha value is -1.46. The molecule has 0 spiro atoms. The minimum atomic E-state index is -0.314. The number of nitrogens with one attached hydrogen (secondary N) is 1. The van der Waals surface area contributed by atoms with Crippen molar-refractivity contribution in [2.45, 2.75) is 6.54 Å². The Kier molecular flexibility index (Phi) is 5.45. The maximum Gasteiger partial charge on any atom is 0.246 e. The van der Waals surface area contributed by atoms with Crippen molar-refractivity contribution < 1.29 is 13.9 Å². The molecule has 0 heterocycles. The largest absolute Gasteiger partial charge is 0.370 e. The lowest BCUT2D eigenvalue weighted by molar-refractivity contribution is -0.125. The van der Waals surface area contributed by atoms with Gasteiger partial charge in [-0.3, -0.25) is 4.79 Å². The number of carbonyl (C=O) groups is 1. The van der Waals surface area contributed by atoms with Crippen LogP contribution in [0.25, 0.3) is 0 Å². The molecule has 0 unspecified atom stereocenters. The van der Waals surface area contributed by atoms with Crippen molar-refractivity contribution in [2.75, 3.05) is 19.8 Å². The van der Waals surface area contributed by atoms with Crippen LogP contribution in [-0.2, 0) is 16.1 Å². The van der Waals surface area contributed by atoms with Crippen LogP contribution in [0.5, 0.6) is 0 Å². The van der Waals surface area contributed by atoms with E-state index in [4.69, 9.17) is 10.5 Å². The van der Waals surface area contributed by atoms with E-state index in [9.17, 15) is 9.18 Å². The van der Waals surface area contributed by atoms with E-state index in [0.717, 1.165) is 0 Å². The lowest BCUT2D eigenvalue weighted by Crippen LogP contribution is -2.28. The lowest BCUT2D eigenvalue weighted by atomic mass is 10.2. The second-order valence-corrected chi connectivity index (χ2v) is 3.25.